The minimum Gasteiger partial charge on any atom is -0.454 e. The van der Waals surface area contributed by atoms with Gasteiger partial charge >= 0.3 is 6.03 Å². The Morgan fingerprint density at radius 3 is 2.56 bits per heavy atom. The van der Waals surface area contributed by atoms with E-state index < -0.39 is 5.82 Å². The molecular weight excluding hydrogens is 459 g/mol. The van der Waals surface area contributed by atoms with Crippen LogP contribution in [0.4, 0.5) is 26.4 Å². The second kappa shape index (κ2) is 11.5. The van der Waals surface area contributed by atoms with E-state index in [9.17, 15) is 9.18 Å². The summed E-state index contributed by atoms with van der Waals surface area (Å²) < 4.78 is 20.7. The molecular formula is C27H31FN6O2. The van der Waals surface area contributed by atoms with E-state index >= 15 is 0 Å². The van der Waals surface area contributed by atoms with Gasteiger partial charge in [-0.25, -0.2) is 14.2 Å². The van der Waals surface area contributed by atoms with Crippen LogP contribution >= 0.6 is 0 Å². The Bertz CT molecular complexity index is 1200. The number of carbonyl (C=O) groups excluding carboxylic acids is 1. The molecule has 4 rings (SSSR count). The van der Waals surface area contributed by atoms with E-state index in [2.05, 4.69) is 27.1 Å². The summed E-state index contributed by atoms with van der Waals surface area (Å²) in [6.45, 7) is 6.72. The average molecular weight is 491 g/mol. The smallest absolute Gasteiger partial charge is 0.329 e. The molecule has 9 heteroatoms. The lowest BCUT2D eigenvalue weighted by Crippen LogP contribution is -2.31. The van der Waals surface area contributed by atoms with Crippen LogP contribution in [-0.4, -0.2) is 56.2 Å². The number of nitrogens with zero attached hydrogens (tertiary/aromatic N) is 4. The van der Waals surface area contributed by atoms with Gasteiger partial charge in [-0.3, -0.25) is 9.80 Å². The molecule has 2 N–H and O–H groups in total. The number of hydrogen-bond donors (Lipinski definition) is 2. The summed E-state index contributed by atoms with van der Waals surface area (Å²) in [6, 6.07) is 17.1. The molecule has 1 saturated heterocycles. The molecule has 0 aliphatic carbocycles. The van der Waals surface area contributed by atoms with Crippen molar-refractivity contribution in [2.45, 2.75) is 6.42 Å². The van der Waals surface area contributed by atoms with Crippen LogP contribution in [0.5, 0.6) is 11.5 Å². The molecule has 1 aliphatic heterocycles. The van der Waals surface area contributed by atoms with Gasteiger partial charge in [-0.05, 0) is 57.4 Å². The van der Waals surface area contributed by atoms with Crippen molar-refractivity contribution in [1.82, 2.24) is 15.2 Å². The highest BCUT2D eigenvalue weighted by Gasteiger charge is 2.31. The monoisotopic (exact) mass is 490 g/mol. The molecule has 1 fully saturated rings. The first-order chi connectivity index (χ1) is 17.4. The molecule has 0 saturated carbocycles. The second-order valence-electron chi connectivity index (χ2n) is 8.70. The molecule has 188 valence electrons. The number of ether oxygens (including phenoxy) is 1. The summed E-state index contributed by atoms with van der Waals surface area (Å²) in [4.78, 5) is 22.5. The van der Waals surface area contributed by atoms with Gasteiger partial charge in [0.15, 0.2) is 11.6 Å². The summed E-state index contributed by atoms with van der Waals surface area (Å²) in [5.41, 5.74) is 1.30. The molecule has 1 aliphatic rings. The average Bonchev–Trinajstić information content (AvgIpc) is 3.25. The number of hydrogen-bond acceptors (Lipinski definition) is 6. The van der Waals surface area contributed by atoms with Gasteiger partial charge in [-0.2, -0.15) is 0 Å². The van der Waals surface area contributed by atoms with E-state index in [1.165, 1.54) is 12.1 Å². The van der Waals surface area contributed by atoms with Gasteiger partial charge in [-0.1, -0.05) is 24.8 Å². The molecule has 1 aromatic heterocycles. The highest BCUT2D eigenvalue weighted by Crippen LogP contribution is 2.31. The number of amides is 2. The van der Waals surface area contributed by atoms with Crippen LogP contribution in [-0.2, 0) is 0 Å². The topological polar surface area (TPSA) is 73.0 Å². The predicted molar refractivity (Wildman–Crippen MR) is 141 cm³/mol. The van der Waals surface area contributed by atoms with Crippen LogP contribution in [0, 0.1) is 5.82 Å². The molecule has 0 unspecified atom stereocenters. The number of benzene rings is 2. The normalized spacial score (nSPS) is 13.3. The van der Waals surface area contributed by atoms with Crippen molar-refractivity contribution in [3.8, 4) is 11.5 Å². The van der Waals surface area contributed by atoms with Crippen LogP contribution in [0.1, 0.15) is 6.42 Å². The lowest BCUT2D eigenvalue weighted by molar-refractivity contribution is 0.256. The number of anilines is 3. The van der Waals surface area contributed by atoms with Gasteiger partial charge in [0.05, 0.1) is 5.82 Å². The fraction of sp³-hybridized carbons (Fsp3) is 0.259. The van der Waals surface area contributed by atoms with Crippen LogP contribution in [0.15, 0.2) is 79.3 Å². The van der Waals surface area contributed by atoms with E-state index in [0.717, 1.165) is 25.2 Å². The molecule has 2 amide bonds. The number of nitrogens with one attached hydrogen (secondary N) is 2. The Morgan fingerprint density at radius 2 is 1.83 bits per heavy atom. The summed E-state index contributed by atoms with van der Waals surface area (Å²) in [6.07, 6.45) is 2.55. The molecule has 0 atom stereocenters. The third kappa shape index (κ3) is 6.31. The predicted octanol–water partition coefficient (Wildman–Crippen LogP) is 4.88. The van der Waals surface area contributed by atoms with E-state index in [1.807, 2.05) is 44.4 Å². The number of aromatic nitrogens is 1. The maximum Gasteiger partial charge on any atom is 0.329 e. The van der Waals surface area contributed by atoms with Crippen molar-refractivity contribution >= 4 is 23.2 Å². The summed E-state index contributed by atoms with van der Waals surface area (Å²) in [7, 11) is 4.06. The fourth-order valence-electron chi connectivity index (χ4n) is 3.87. The molecule has 3 aromatic rings. The minimum atomic E-state index is -0.559. The van der Waals surface area contributed by atoms with Gasteiger partial charge in [-0.15, -0.1) is 0 Å². The van der Waals surface area contributed by atoms with Crippen molar-refractivity contribution in [3.05, 3.63) is 85.1 Å². The third-order valence-corrected chi connectivity index (χ3v) is 5.66. The number of pyridine rings is 1. The first-order valence-corrected chi connectivity index (χ1v) is 11.8. The van der Waals surface area contributed by atoms with Crippen molar-refractivity contribution < 1.29 is 13.9 Å². The summed E-state index contributed by atoms with van der Waals surface area (Å²) >= 11 is 0. The van der Waals surface area contributed by atoms with Crippen molar-refractivity contribution in [2.75, 3.05) is 55.4 Å². The molecule has 2 heterocycles. The van der Waals surface area contributed by atoms with Gasteiger partial charge in [0, 0.05) is 49.3 Å². The maximum absolute atomic E-state index is 14.9. The lowest BCUT2D eigenvalue weighted by Gasteiger charge is -2.19. The standard InChI is InChI=1S/C27H31FN6O2/c1-20(29-13-7-15-32(2)3)31-26-19-23(12-14-30-26)36-25-11-10-22(18-24(25)28)34-17-16-33(27(34)35)21-8-5-4-6-9-21/h4-6,8-12,14,18-19,29H,1,7,13,15-17H2,2-3H3,(H,30,31). The van der Waals surface area contributed by atoms with Gasteiger partial charge < -0.3 is 20.3 Å². The van der Waals surface area contributed by atoms with E-state index in [4.69, 9.17) is 4.74 Å². The molecule has 36 heavy (non-hydrogen) atoms. The van der Waals surface area contributed by atoms with Crippen LogP contribution in [0.25, 0.3) is 0 Å². The Hall–Kier alpha value is -4.11. The number of carbonyl (C=O) groups is 1. The minimum absolute atomic E-state index is 0.0584. The molecule has 8 nitrogen and oxygen atoms in total. The molecule has 0 bridgehead atoms. The number of urea groups is 1. The van der Waals surface area contributed by atoms with Crippen LogP contribution in [0.2, 0.25) is 0 Å². The largest absolute Gasteiger partial charge is 0.454 e. The Kier molecular flexibility index (Phi) is 8.02. The summed E-state index contributed by atoms with van der Waals surface area (Å²) in [5, 5.41) is 6.29. The zero-order valence-electron chi connectivity index (χ0n) is 20.6. The SMILES string of the molecule is C=C(NCCCN(C)C)Nc1cc(Oc2ccc(N3CCN(c4ccccc4)C3=O)cc2F)ccn1. The number of para-hydroxylation sites is 1. The van der Waals surface area contributed by atoms with Crippen LogP contribution < -0.4 is 25.2 Å². The van der Waals surface area contributed by atoms with E-state index in [1.54, 1.807) is 34.2 Å². The zero-order valence-corrected chi connectivity index (χ0v) is 20.6. The third-order valence-electron chi connectivity index (χ3n) is 5.66. The van der Waals surface area contributed by atoms with Gasteiger partial charge in [0.25, 0.3) is 0 Å². The molecule has 0 spiro atoms. The molecule has 0 radical (unpaired) electrons. The first kappa shape index (κ1) is 25.0. The van der Waals surface area contributed by atoms with Crippen LogP contribution in [0.3, 0.4) is 0 Å². The lowest BCUT2D eigenvalue weighted by atomic mass is 10.2. The van der Waals surface area contributed by atoms with Crippen molar-refractivity contribution in [2.24, 2.45) is 0 Å². The Morgan fingerprint density at radius 1 is 1.08 bits per heavy atom. The van der Waals surface area contributed by atoms with E-state index in [0.29, 0.717) is 36.2 Å². The second-order valence-corrected chi connectivity index (χ2v) is 8.70. The van der Waals surface area contributed by atoms with Crippen molar-refractivity contribution in [3.63, 3.8) is 0 Å². The molecule has 2 aromatic carbocycles. The fourth-order valence-corrected chi connectivity index (χ4v) is 3.87. The highest BCUT2D eigenvalue weighted by molar-refractivity contribution is 6.06. The van der Waals surface area contributed by atoms with Gasteiger partial charge in [0.2, 0.25) is 0 Å². The highest BCUT2D eigenvalue weighted by atomic mass is 19.1. The van der Waals surface area contributed by atoms with E-state index in [-0.39, 0.29) is 11.8 Å². The zero-order chi connectivity index (χ0) is 25.5. The Labute approximate surface area is 211 Å². The first-order valence-electron chi connectivity index (χ1n) is 11.8. The van der Waals surface area contributed by atoms with Gasteiger partial charge in [0.1, 0.15) is 11.6 Å². The maximum atomic E-state index is 14.9. The summed E-state index contributed by atoms with van der Waals surface area (Å²) in [5.74, 6) is 1.07. The number of halogens is 1. The number of rotatable bonds is 11. The quantitative estimate of drug-likeness (QED) is 0.373. The van der Waals surface area contributed by atoms with Crippen molar-refractivity contribution in [1.29, 1.82) is 0 Å². The Balaban J connectivity index is 1.36.